The first-order valence-corrected chi connectivity index (χ1v) is 5.38. The van der Waals surface area contributed by atoms with Gasteiger partial charge >= 0.3 is 0 Å². The highest BCUT2D eigenvalue weighted by atomic mass is 35.5. The molecule has 7 unspecified atom stereocenters. The largest absolute Gasteiger partial charge is 0.364 e. The average molecular weight is 201 g/mol. The molecular weight excluding hydrogens is 192 g/mol. The third-order valence-electron chi connectivity index (χ3n) is 4.48. The molecule has 2 aliphatic carbocycles. The summed E-state index contributed by atoms with van der Waals surface area (Å²) in [6.07, 6.45) is 3.30. The number of epoxide rings is 3. The molecule has 7 atom stereocenters. The minimum absolute atomic E-state index is 0.0260. The zero-order valence-corrected chi connectivity index (χ0v) is 7.66. The van der Waals surface area contributed by atoms with Gasteiger partial charge in [-0.3, -0.25) is 0 Å². The van der Waals surface area contributed by atoms with Gasteiger partial charge in [-0.1, -0.05) is 0 Å². The molecule has 3 aliphatic heterocycles. The van der Waals surface area contributed by atoms with Gasteiger partial charge in [0.15, 0.2) is 0 Å². The molecule has 70 valence electrons. The van der Waals surface area contributed by atoms with Crippen LogP contribution in [0.5, 0.6) is 0 Å². The van der Waals surface area contributed by atoms with Crippen molar-refractivity contribution >= 4 is 11.6 Å². The van der Waals surface area contributed by atoms with Crippen molar-refractivity contribution in [1.29, 1.82) is 0 Å². The van der Waals surface area contributed by atoms with Gasteiger partial charge in [-0.25, -0.2) is 0 Å². The molecule has 0 N–H and O–H groups in total. The maximum Gasteiger partial charge on any atom is 0.145 e. The number of ether oxygens (including phenoxy) is 3. The van der Waals surface area contributed by atoms with Gasteiger partial charge < -0.3 is 14.2 Å². The number of fused-ring (bicyclic) bond motifs is 3. The first-order valence-electron chi connectivity index (χ1n) is 4.95. The number of rotatable bonds is 0. The minimum Gasteiger partial charge on any atom is -0.364 e. The van der Waals surface area contributed by atoms with E-state index in [4.69, 9.17) is 25.8 Å². The van der Waals surface area contributed by atoms with Gasteiger partial charge in [0.05, 0.1) is 5.38 Å². The first-order chi connectivity index (χ1) is 6.30. The Bertz CT molecular complexity index is 335. The highest BCUT2D eigenvalue weighted by Gasteiger charge is 2.94. The summed E-state index contributed by atoms with van der Waals surface area (Å²) in [5.41, 5.74) is -0.168. The Morgan fingerprint density at radius 2 is 2.00 bits per heavy atom. The lowest BCUT2D eigenvalue weighted by atomic mass is 9.81. The van der Waals surface area contributed by atoms with Crippen molar-refractivity contribution in [2.45, 2.75) is 53.8 Å². The second-order valence-corrected chi connectivity index (χ2v) is 5.36. The van der Waals surface area contributed by atoms with Crippen molar-refractivity contribution in [2.24, 2.45) is 0 Å². The van der Waals surface area contributed by atoms with Gasteiger partial charge in [0, 0.05) is 0 Å². The van der Waals surface area contributed by atoms with E-state index in [1.807, 2.05) is 0 Å². The molecule has 2 spiro atoms. The smallest absolute Gasteiger partial charge is 0.145 e. The zero-order valence-electron chi connectivity index (χ0n) is 6.90. The molecule has 0 radical (unpaired) electrons. The van der Waals surface area contributed by atoms with E-state index >= 15 is 0 Å². The van der Waals surface area contributed by atoms with Crippen molar-refractivity contribution in [3.8, 4) is 0 Å². The third kappa shape index (κ3) is 0.445. The summed E-state index contributed by atoms with van der Waals surface area (Å²) in [5, 5.41) is 0.146. The van der Waals surface area contributed by atoms with E-state index in [1.165, 1.54) is 0 Å². The van der Waals surface area contributed by atoms with E-state index in [0.29, 0.717) is 18.3 Å². The van der Waals surface area contributed by atoms with Crippen LogP contribution in [0, 0.1) is 0 Å². The molecule has 4 heteroatoms. The number of hydrogen-bond donors (Lipinski definition) is 0. The first kappa shape index (κ1) is 6.62. The van der Waals surface area contributed by atoms with Crippen molar-refractivity contribution in [3.63, 3.8) is 0 Å². The summed E-state index contributed by atoms with van der Waals surface area (Å²) in [7, 11) is 0. The molecule has 2 saturated carbocycles. The second-order valence-electron chi connectivity index (χ2n) is 4.83. The Hall–Kier alpha value is 0.170. The lowest BCUT2D eigenvalue weighted by Crippen LogP contribution is -2.43. The van der Waals surface area contributed by atoms with Crippen LogP contribution in [0.4, 0.5) is 0 Å². The van der Waals surface area contributed by atoms with Crippen LogP contribution in [0.2, 0.25) is 0 Å². The van der Waals surface area contributed by atoms with E-state index in [1.54, 1.807) is 0 Å². The van der Waals surface area contributed by atoms with Crippen LogP contribution in [0.15, 0.2) is 0 Å². The topological polar surface area (TPSA) is 37.6 Å². The lowest BCUT2D eigenvalue weighted by Gasteiger charge is -2.16. The summed E-state index contributed by atoms with van der Waals surface area (Å²) in [6.45, 7) is 0. The van der Waals surface area contributed by atoms with Gasteiger partial charge in [-0.2, -0.15) is 0 Å². The molecular formula is C9H9ClO3. The Morgan fingerprint density at radius 3 is 2.92 bits per heavy atom. The van der Waals surface area contributed by atoms with E-state index in [2.05, 4.69) is 0 Å². The standard InChI is InChI=1S/C9H9ClO3/c10-3-1-2-8-6(12-8)4-5(11-4)7-9(3,8)13-7/h3-7H,1-2H2. The quantitative estimate of drug-likeness (QED) is 0.421. The van der Waals surface area contributed by atoms with Gasteiger partial charge in [0.2, 0.25) is 0 Å². The fraction of sp³-hybridized carbons (Fsp3) is 1.00. The molecule has 3 nitrogen and oxygen atoms in total. The van der Waals surface area contributed by atoms with Crippen LogP contribution in [-0.4, -0.2) is 41.0 Å². The van der Waals surface area contributed by atoms with Gasteiger partial charge in [0.1, 0.15) is 35.6 Å². The Balaban J connectivity index is 1.74. The maximum atomic E-state index is 6.31. The fourth-order valence-corrected chi connectivity index (χ4v) is 4.23. The second kappa shape index (κ2) is 1.47. The van der Waals surface area contributed by atoms with Crippen molar-refractivity contribution in [2.75, 3.05) is 0 Å². The maximum absolute atomic E-state index is 6.31. The highest BCUT2D eigenvalue weighted by molar-refractivity contribution is 6.22. The summed E-state index contributed by atoms with van der Waals surface area (Å²) >= 11 is 6.31. The molecule has 0 aromatic heterocycles. The molecule has 5 rings (SSSR count). The molecule has 0 amide bonds. The highest BCUT2D eigenvalue weighted by Crippen LogP contribution is 2.75. The number of alkyl halides is 1. The van der Waals surface area contributed by atoms with E-state index in [9.17, 15) is 0 Å². The summed E-state index contributed by atoms with van der Waals surface area (Å²) < 4.78 is 17.2. The molecule has 0 bridgehead atoms. The molecule has 13 heavy (non-hydrogen) atoms. The number of halogens is 1. The molecule has 3 heterocycles. The van der Waals surface area contributed by atoms with Crippen LogP contribution in [0.1, 0.15) is 12.8 Å². The molecule has 5 aliphatic rings. The third-order valence-corrected chi connectivity index (χ3v) is 5.02. The van der Waals surface area contributed by atoms with Gasteiger partial charge in [-0.05, 0) is 12.8 Å². The minimum atomic E-state index is -0.142. The van der Waals surface area contributed by atoms with E-state index in [-0.39, 0.29) is 22.7 Å². The Labute approximate surface area is 80.3 Å². The molecule has 0 aromatic rings. The van der Waals surface area contributed by atoms with Crippen LogP contribution in [-0.2, 0) is 14.2 Å². The van der Waals surface area contributed by atoms with Crippen LogP contribution >= 0.6 is 11.6 Å². The summed E-state index contributed by atoms with van der Waals surface area (Å²) in [5.74, 6) is 0. The monoisotopic (exact) mass is 200 g/mol. The van der Waals surface area contributed by atoms with Gasteiger partial charge in [0.25, 0.3) is 0 Å². The summed E-state index contributed by atoms with van der Waals surface area (Å²) in [6, 6.07) is 0. The van der Waals surface area contributed by atoms with Gasteiger partial charge in [-0.15, -0.1) is 11.6 Å². The Kier molecular flexibility index (Phi) is 0.747. The fourth-order valence-electron chi connectivity index (χ4n) is 3.76. The average Bonchev–Trinajstić information content (AvgIpc) is 2.87. The van der Waals surface area contributed by atoms with Crippen LogP contribution in [0.25, 0.3) is 0 Å². The predicted octanol–water partition coefficient (Wildman–Crippen LogP) is 0.444. The van der Waals surface area contributed by atoms with Crippen LogP contribution < -0.4 is 0 Å². The van der Waals surface area contributed by atoms with Crippen molar-refractivity contribution < 1.29 is 14.2 Å². The van der Waals surface area contributed by atoms with E-state index in [0.717, 1.165) is 12.8 Å². The zero-order chi connectivity index (χ0) is 8.42. The van der Waals surface area contributed by atoms with Crippen molar-refractivity contribution in [3.05, 3.63) is 0 Å². The number of hydrogen-bond acceptors (Lipinski definition) is 3. The normalized spacial score (nSPS) is 80.5. The van der Waals surface area contributed by atoms with E-state index < -0.39 is 0 Å². The molecule has 5 fully saturated rings. The summed E-state index contributed by atoms with van der Waals surface area (Å²) in [4.78, 5) is 0. The molecule has 0 aromatic carbocycles. The lowest BCUT2D eigenvalue weighted by molar-refractivity contribution is 0.183. The van der Waals surface area contributed by atoms with Crippen molar-refractivity contribution in [1.82, 2.24) is 0 Å². The Morgan fingerprint density at radius 1 is 1.15 bits per heavy atom. The van der Waals surface area contributed by atoms with Crippen LogP contribution in [0.3, 0.4) is 0 Å². The SMILES string of the molecule is ClC1CCC23OC2C2OC2C2OC123. The molecule has 3 saturated heterocycles. The predicted molar refractivity (Wildman–Crippen MR) is 42.7 cm³/mol.